The monoisotopic (exact) mass is 488 g/mol. The molecule has 1 fully saturated rings. The third-order valence-corrected chi connectivity index (χ3v) is 7.49. The quantitative estimate of drug-likeness (QED) is 0.623. The number of carbonyl (C=O) groups is 2. The summed E-state index contributed by atoms with van der Waals surface area (Å²) in [5.41, 5.74) is -0.483. The summed E-state index contributed by atoms with van der Waals surface area (Å²) >= 11 is 5.57. The number of amides is 1. The molecule has 0 aromatic heterocycles. The minimum absolute atomic E-state index is 0.0290. The summed E-state index contributed by atoms with van der Waals surface area (Å²) < 4.78 is 66.0. The van der Waals surface area contributed by atoms with E-state index in [0.29, 0.717) is 17.3 Å². The summed E-state index contributed by atoms with van der Waals surface area (Å²) in [6, 6.07) is 9.01. The Morgan fingerprint density at radius 3 is 2.31 bits per heavy atom. The molecular weight excluding hydrogens is 469 g/mol. The lowest BCUT2D eigenvalue weighted by molar-refractivity contribution is -0.137. The zero-order valence-corrected chi connectivity index (χ0v) is 18.5. The van der Waals surface area contributed by atoms with E-state index in [1.165, 1.54) is 6.92 Å². The molecule has 1 heterocycles. The largest absolute Gasteiger partial charge is 0.417 e. The van der Waals surface area contributed by atoms with Crippen LogP contribution >= 0.6 is 11.6 Å². The van der Waals surface area contributed by atoms with E-state index >= 15 is 0 Å². The van der Waals surface area contributed by atoms with Crippen molar-refractivity contribution in [2.45, 2.75) is 30.8 Å². The molecule has 32 heavy (non-hydrogen) atoms. The molecule has 2 aromatic rings. The number of nitrogens with zero attached hydrogens (tertiary/aromatic N) is 1. The molecule has 0 atom stereocenters. The molecule has 1 amide bonds. The fraction of sp³-hybridized carbons (Fsp3) is 0.333. The zero-order valence-electron chi connectivity index (χ0n) is 16.9. The van der Waals surface area contributed by atoms with Gasteiger partial charge in [0.05, 0.1) is 21.2 Å². The van der Waals surface area contributed by atoms with Gasteiger partial charge in [-0.2, -0.15) is 17.5 Å². The van der Waals surface area contributed by atoms with Crippen molar-refractivity contribution in [1.82, 2.24) is 4.31 Å². The summed E-state index contributed by atoms with van der Waals surface area (Å²) in [5.74, 6) is -1.05. The number of hydrogen-bond acceptors (Lipinski definition) is 4. The zero-order chi connectivity index (χ0) is 23.7. The SMILES string of the molecule is CC(=O)c1ccccc1NC(=O)C1CCN(S(=O)(=O)c2ccc(Cl)c(C(F)(F)F)c2)CC1. The Hall–Kier alpha value is -2.43. The Bertz CT molecular complexity index is 1140. The predicted octanol–water partition coefficient (Wildman–Crippen LogP) is 4.60. The fourth-order valence-corrected chi connectivity index (χ4v) is 5.24. The van der Waals surface area contributed by atoms with Crippen molar-refractivity contribution < 1.29 is 31.2 Å². The topological polar surface area (TPSA) is 83.6 Å². The number of halogens is 4. The van der Waals surface area contributed by atoms with Gasteiger partial charge in [0, 0.05) is 24.6 Å². The van der Waals surface area contributed by atoms with Crippen LogP contribution in [0.4, 0.5) is 18.9 Å². The number of rotatable bonds is 5. The van der Waals surface area contributed by atoms with Crippen molar-refractivity contribution in [1.29, 1.82) is 0 Å². The molecule has 0 saturated carbocycles. The molecule has 0 bridgehead atoms. The van der Waals surface area contributed by atoms with Crippen molar-refractivity contribution in [2.24, 2.45) is 5.92 Å². The number of para-hydroxylation sites is 1. The molecule has 11 heteroatoms. The first-order chi connectivity index (χ1) is 14.9. The van der Waals surface area contributed by atoms with Crippen LogP contribution in [-0.2, 0) is 21.0 Å². The maximum atomic E-state index is 13.1. The van der Waals surface area contributed by atoms with Gasteiger partial charge in [0.1, 0.15) is 0 Å². The minimum atomic E-state index is -4.79. The molecule has 6 nitrogen and oxygen atoms in total. The number of alkyl halides is 3. The van der Waals surface area contributed by atoms with Gasteiger partial charge in [0.15, 0.2) is 5.78 Å². The van der Waals surface area contributed by atoms with Crippen molar-refractivity contribution in [2.75, 3.05) is 18.4 Å². The molecule has 1 N–H and O–H groups in total. The predicted molar refractivity (Wildman–Crippen MR) is 113 cm³/mol. The normalized spacial score (nSPS) is 16.0. The first kappa shape index (κ1) is 24.2. The van der Waals surface area contributed by atoms with E-state index in [-0.39, 0.29) is 37.6 Å². The highest BCUT2D eigenvalue weighted by atomic mass is 35.5. The summed E-state index contributed by atoms with van der Waals surface area (Å²) in [5, 5.41) is 2.12. The minimum Gasteiger partial charge on any atom is -0.325 e. The number of anilines is 1. The maximum absolute atomic E-state index is 13.1. The molecule has 2 aromatic carbocycles. The van der Waals surface area contributed by atoms with Crippen LogP contribution in [0.3, 0.4) is 0 Å². The van der Waals surface area contributed by atoms with E-state index in [1.807, 2.05) is 0 Å². The van der Waals surface area contributed by atoms with Gasteiger partial charge in [-0.25, -0.2) is 8.42 Å². The van der Waals surface area contributed by atoms with E-state index in [9.17, 15) is 31.2 Å². The molecule has 0 radical (unpaired) electrons. The molecule has 0 spiro atoms. The van der Waals surface area contributed by atoms with E-state index in [0.717, 1.165) is 16.4 Å². The van der Waals surface area contributed by atoms with Gasteiger partial charge in [-0.3, -0.25) is 9.59 Å². The Kier molecular flexibility index (Phi) is 6.97. The van der Waals surface area contributed by atoms with E-state index in [4.69, 9.17) is 11.6 Å². The molecule has 3 rings (SSSR count). The summed E-state index contributed by atoms with van der Waals surface area (Å²) in [7, 11) is -4.19. The number of sulfonamides is 1. The maximum Gasteiger partial charge on any atom is 0.417 e. The van der Waals surface area contributed by atoms with Crippen molar-refractivity contribution >= 4 is 39.0 Å². The standard InChI is InChI=1S/C21H20ClF3N2O4S/c1-13(28)16-4-2-3-5-19(16)26-20(29)14-8-10-27(11-9-14)32(30,31)15-6-7-18(22)17(12-15)21(23,24)25/h2-7,12,14H,8-11H2,1H3,(H,26,29). The molecule has 1 aliphatic heterocycles. The molecular formula is C21H20ClF3N2O4S. The van der Waals surface area contributed by atoms with Gasteiger partial charge in [0.25, 0.3) is 0 Å². The van der Waals surface area contributed by atoms with Crippen LogP contribution in [-0.4, -0.2) is 37.5 Å². The smallest absolute Gasteiger partial charge is 0.325 e. The van der Waals surface area contributed by atoms with Crippen LogP contribution in [0.2, 0.25) is 5.02 Å². The van der Waals surface area contributed by atoms with Crippen LogP contribution in [0.1, 0.15) is 35.7 Å². The third-order valence-electron chi connectivity index (χ3n) is 5.27. The average Bonchev–Trinajstić information content (AvgIpc) is 2.73. The van der Waals surface area contributed by atoms with Gasteiger partial charge < -0.3 is 5.32 Å². The van der Waals surface area contributed by atoms with Gasteiger partial charge in [-0.05, 0) is 50.1 Å². The molecule has 0 unspecified atom stereocenters. The fourth-order valence-electron chi connectivity index (χ4n) is 3.52. The van der Waals surface area contributed by atoms with Gasteiger partial charge in [-0.1, -0.05) is 23.7 Å². The van der Waals surface area contributed by atoms with Crippen LogP contribution in [0.5, 0.6) is 0 Å². The van der Waals surface area contributed by atoms with E-state index < -0.39 is 37.6 Å². The Balaban J connectivity index is 1.70. The molecule has 172 valence electrons. The number of Topliss-reactive ketones (excluding diaryl/α,β-unsaturated/α-hetero) is 1. The average molecular weight is 489 g/mol. The molecule has 1 saturated heterocycles. The van der Waals surface area contributed by atoms with Gasteiger partial charge in [0.2, 0.25) is 15.9 Å². The first-order valence-corrected chi connectivity index (χ1v) is 11.5. The van der Waals surface area contributed by atoms with E-state index in [1.54, 1.807) is 24.3 Å². The third kappa shape index (κ3) is 5.13. The summed E-state index contributed by atoms with van der Waals surface area (Å²) in [6.45, 7) is 1.33. The highest BCUT2D eigenvalue weighted by Gasteiger charge is 2.37. The summed E-state index contributed by atoms with van der Waals surface area (Å²) in [6.07, 6.45) is -4.41. The second kappa shape index (κ2) is 9.21. The Morgan fingerprint density at radius 1 is 1.09 bits per heavy atom. The second-order valence-electron chi connectivity index (χ2n) is 7.41. The van der Waals surface area contributed by atoms with Crippen LogP contribution in [0.25, 0.3) is 0 Å². The lowest BCUT2D eigenvalue weighted by Gasteiger charge is -2.30. The highest BCUT2D eigenvalue weighted by molar-refractivity contribution is 7.89. The molecule has 1 aliphatic rings. The molecule has 0 aliphatic carbocycles. The number of hydrogen-bond donors (Lipinski definition) is 1. The van der Waals surface area contributed by atoms with Crippen molar-refractivity contribution in [3.8, 4) is 0 Å². The number of ketones is 1. The van der Waals surface area contributed by atoms with Crippen molar-refractivity contribution in [3.05, 3.63) is 58.6 Å². The number of nitrogens with one attached hydrogen (secondary N) is 1. The number of carbonyl (C=O) groups excluding carboxylic acids is 2. The number of piperidine rings is 1. The Morgan fingerprint density at radius 2 is 1.72 bits per heavy atom. The second-order valence-corrected chi connectivity index (χ2v) is 9.75. The lowest BCUT2D eigenvalue weighted by Crippen LogP contribution is -2.41. The first-order valence-electron chi connectivity index (χ1n) is 9.69. The van der Waals surface area contributed by atoms with Gasteiger partial charge in [-0.15, -0.1) is 0 Å². The Labute approximate surface area is 188 Å². The van der Waals surface area contributed by atoms with E-state index in [2.05, 4.69) is 5.32 Å². The van der Waals surface area contributed by atoms with Gasteiger partial charge >= 0.3 is 6.18 Å². The number of benzene rings is 2. The lowest BCUT2D eigenvalue weighted by atomic mass is 9.97. The summed E-state index contributed by atoms with van der Waals surface area (Å²) in [4.78, 5) is 23.8. The van der Waals surface area contributed by atoms with Crippen molar-refractivity contribution in [3.63, 3.8) is 0 Å². The highest BCUT2D eigenvalue weighted by Crippen LogP contribution is 2.37. The van der Waals surface area contributed by atoms with Crippen LogP contribution in [0.15, 0.2) is 47.4 Å². The van der Waals surface area contributed by atoms with Crippen LogP contribution in [0, 0.1) is 5.92 Å². The van der Waals surface area contributed by atoms with Crippen LogP contribution < -0.4 is 5.32 Å².